The monoisotopic (exact) mass is 473 g/mol. The molecule has 3 amide bonds. The molecule has 0 aliphatic carbocycles. The molecule has 2 N–H and O–H groups in total. The Morgan fingerprint density at radius 3 is 2.24 bits per heavy atom. The first-order valence-electron chi connectivity index (χ1n) is 11.0. The van der Waals surface area contributed by atoms with Crippen LogP contribution in [0.1, 0.15) is 51.8 Å². The second-order valence-electron chi connectivity index (χ2n) is 9.52. The van der Waals surface area contributed by atoms with Crippen molar-refractivity contribution in [2.75, 3.05) is 5.32 Å². The molecule has 2 aromatic rings. The number of carbonyl (C=O) groups is 3. The van der Waals surface area contributed by atoms with Crippen molar-refractivity contribution < 1.29 is 27.9 Å². The summed E-state index contributed by atoms with van der Waals surface area (Å²) in [5, 5.41) is 4.89. The molecule has 0 aromatic heterocycles. The first kappa shape index (κ1) is 25.1. The van der Waals surface area contributed by atoms with Crippen molar-refractivity contribution in [2.45, 2.75) is 58.8 Å². The molecule has 1 aliphatic heterocycles. The summed E-state index contributed by atoms with van der Waals surface area (Å²) in [6.45, 7) is 8.74. The van der Waals surface area contributed by atoms with Crippen LogP contribution in [0, 0.1) is 17.6 Å². The Morgan fingerprint density at radius 1 is 1.03 bits per heavy atom. The lowest BCUT2D eigenvalue weighted by Gasteiger charge is -2.31. The average molecular weight is 474 g/mol. The number of amides is 3. The van der Waals surface area contributed by atoms with Gasteiger partial charge in [-0.3, -0.25) is 9.59 Å². The predicted octanol–water partition coefficient (Wildman–Crippen LogP) is 4.54. The molecule has 1 heterocycles. The predicted molar refractivity (Wildman–Crippen MR) is 123 cm³/mol. The molecule has 0 fully saturated rings. The van der Waals surface area contributed by atoms with Crippen molar-refractivity contribution in [1.82, 2.24) is 10.2 Å². The van der Waals surface area contributed by atoms with E-state index in [0.29, 0.717) is 5.56 Å². The molecule has 0 bridgehead atoms. The third kappa shape index (κ3) is 5.52. The van der Waals surface area contributed by atoms with E-state index < -0.39 is 52.9 Å². The molecular formula is C25H29F2N3O4. The van der Waals surface area contributed by atoms with Crippen molar-refractivity contribution in [3.05, 3.63) is 65.2 Å². The lowest BCUT2D eigenvalue weighted by Crippen LogP contribution is -2.52. The summed E-state index contributed by atoms with van der Waals surface area (Å²) in [5.74, 6) is -3.45. The molecule has 0 radical (unpaired) electrons. The van der Waals surface area contributed by atoms with Gasteiger partial charge in [-0.05, 0) is 49.9 Å². The number of nitrogens with one attached hydrogen (secondary N) is 2. The number of halogens is 2. The lowest BCUT2D eigenvalue weighted by atomic mass is 10.0. The highest BCUT2D eigenvalue weighted by Gasteiger charge is 2.42. The zero-order valence-electron chi connectivity index (χ0n) is 19.8. The molecule has 2 atom stereocenters. The standard InChI is InChI=1S/C25H29F2N3O4/c1-14(2)19(29-24(33)34-25(3,4)5)23(32)30-13-15-9-6-7-10-16(15)21(30)22(31)28-20-17(26)11-8-12-18(20)27/h6-12,14,19,21H,13H2,1-5H3,(H,28,31)(H,29,33)/t19-,21-/m0/s1. The molecule has 0 saturated heterocycles. The van der Waals surface area contributed by atoms with E-state index in [1.54, 1.807) is 58.9 Å². The zero-order chi connectivity index (χ0) is 25.2. The fraction of sp³-hybridized carbons (Fsp3) is 0.400. The number of para-hydroxylation sites is 1. The van der Waals surface area contributed by atoms with Crippen molar-refractivity contribution in [3.63, 3.8) is 0 Å². The van der Waals surface area contributed by atoms with Gasteiger partial charge in [-0.15, -0.1) is 0 Å². The van der Waals surface area contributed by atoms with E-state index in [1.165, 1.54) is 11.0 Å². The highest BCUT2D eigenvalue weighted by atomic mass is 19.1. The SMILES string of the molecule is CC(C)[C@H](NC(=O)OC(C)(C)C)C(=O)N1Cc2ccccc2[C@H]1C(=O)Nc1c(F)cccc1F. The van der Waals surface area contributed by atoms with Crippen LogP contribution >= 0.6 is 0 Å². The Labute approximate surface area is 197 Å². The largest absolute Gasteiger partial charge is 0.444 e. The Morgan fingerprint density at radius 2 is 1.65 bits per heavy atom. The Hall–Kier alpha value is -3.49. The minimum atomic E-state index is -1.13. The summed E-state index contributed by atoms with van der Waals surface area (Å²) in [5.41, 5.74) is -0.0728. The lowest BCUT2D eigenvalue weighted by molar-refractivity contribution is -0.141. The number of benzene rings is 2. The van der Waals surface area contributed by atoms with Crippen LogP contribution in [0.2, 0.25) is 0 Å². The summed E-state index contributed by atoms with van der Waals surface area (Å²) >= 11 is 0. The van der Waals surface area contributed by atoms with Gasteiger partial charge in [-0.2, -0.15) is 0 Å². The maximum absolute atomic E-state index is 14.2. The third-order valence-electron chi connectivity index (χ3n) is 5.35. The van der Waals surface area contributed by atoms with E-state index in [4.69, 9.17) is 4.74 Å². The first-order valence-corrected chi connectivity index (χ1v) is 11.0. The summed E-state index contributed by atoms with van der Waals surface area (Å²) in [4.78, 5) is 40.5. The van der Waals surface area contributed by atoms with E-state index in [9.17, 15) is 23.2 Å². The van der Waals surface area contributed by atoms with Crippen LogP contribution < -0.4 is 10.6 Å². The van der Waals surface area contributed by atoms with Crippen LogP contribution in [-0.2, 0) is 20.9 Å². The third-order valence-corrected chi connectivity index (χ3v) is 5.35. The van der Waals surface area contributed by atoms with E-state index in [-0.39, 0.29) is 12.5 Å². The highest BCUT2D eigenvalue weighted by Crippen LogP contribution is 2.36. The fourth-order valence-corrected chi connectivity index (χ4v) is 3.81. The quantitative estimate of drug-likeness (QED) is 0.668. The van der Waals surface area contributed by atoms with E-state index in [2.05, 4.69) is 10.6 Å². The van der Waals surface area contributed by atoms with Crippen molar-refractivity contribution in [2.24, 2.45) is 5.92 Å². The Kier molecular flexibility index (Phi) is 7.24. The topological polar surface area (TPSA) is 87.7 Å². The second-order valence-corrected chi connectivity index (χ2v) is 9.52. The molecule has 34 heavy (non-hydrogen) atoms. The van der Waals surface area contributed by atoms with Crippen molar-refractivity contribution in [3.8, 4) is 0 Å². The van der Waals surface area contributed by atoms with Gasteiger partial charge in [0.1, 0.15) is 35.0 Å². The van der Waals surface area contributed by atoms with Crippen LogP contribution in [0.25, 0.3) is 0 Å². The summed E-state index contributed by atoms with van der Waals surface area (Å²) in [6, 6.07) is 8.10. The summed E-state index contributed by atoms with van der Waals surface area (Å²) in [7, 11) is 0. The van der Waals surface area contributed by atoms with Crippen molar-refractivity contribution in [1.29, 1.82) is 0 Å². The van der Waals surface area contributed by atoms with E-state index in [1.807, 2.05) is 0 Å². The van der Waals surface area contributed by atoms with Gasteiger partial charge in [-0.25, -0.2) is 13.6 Å². The van der Waals surface area contributed by atoms with Gasteiger partial charge in [0.25, 0.3) is 5.91 Å². The van der Waals surface area contributed by atoms with Crippen LogP contribution in [0.3, 0.4) is 0 Å². The van der Waals surface area contributed by atoms with Gasteiger partial charge in [0.05, 0.1) is 0 Å². The van der Waals surface area contributed by atoms with Gasteiger partial charge in [0, 0.05) is 6.54 Å². The number of rotatable bonds is 5. The number of hydrogen-bond acceptors (Lipinski definition) is 4. The Bertz CT molecular complexity index is 1080. The number of alkyl carbamates (subject to hydrolysis) is 1. The molecule has 1 aliphatic rings. The Balaban J connectivity index is 1.91. The van der Waals surface area contributed by atoms with Crippen molar-refractivity contribution >= 4 is 23.6 Å². The number of fused-ring (bicyclic) bond motifs is 1. The number of hydrogen-bond donors (Lipinski definition) is 2. The number of anilines is 1. The van der Waals surface area contributed by atoms with Crippen LogP contribution in [0.15, 0.2) is 42.5 Å². The van der Waals surface area contributed by atoms with Gasteiger partial charge in [0.15, 0.2) is 0 Å². The number of ether oxygens (including phenoxy) is 1. The molecule has 9 heteroatoms. The van der Waals surface area contributed by atoms with Crippen LogP contribution in [0.5, 0.6) is 0 Å². The fourth-order valence-electron chi connectivity index (χ4n) is 3.81. The van der Waals surface area contributed by atoms with Gasteiger partial charge >= 0.3 is 6.09 Å². The van der Waals surface area contributed by atoms with Gasteiger partial charge in [0.2, 0.25) is 5.91 Å². The number of nitrogens with zero attached hydrogens (tertiary/aromatic N) is 1. The molecule has 7 nitrogen and oxygen atoms in total. The van der Waals surface area contributed by atoms with E-state index >= 15 is 0 Å². The smallest absolute Gasteiger partial charge is 0.408 e. The molecule has 0 unspecified atom stereocenters. The first-order chi connectivity index (χ1) is 15.9. The maximum atomic E-state index is 14.2. The molecule has 3 rings (SSSR count). The van der Waals surface area contributed by atoms with Gasteiger partial charge in [-0.1, -0.05) is 44.2 Å². The molecule has 0 saturated carbocycles. The number of carbonyl (C=O) groups excluding carboxylic acids is 3. The minimum absolute atomic E-state index is 0.103. The summed E-state index contributed by atoms with van der Waals surface area (Å²) in [6.07, 6.45) is -0.759. The highest BCUT2D eigenvalue weighted by molar-refractivity contribution is 6.00. The minimum Gasteiger partial charge on any atom is -0.444 e. The molecule has 182 valence electrons. The zero-order valence-corrected chi connectivity index (χ0v) is 19.8. The second kappa shape index (κ2) is 9.79. The molecule has 0 spiro atoms. The van der Waals surface area contributed by atoms with E-state index in [0.717, 1.165) is 17.7 Å². The normalized spacial score (nSPS) is 16.1. The van der Waals surface area contributed by atoms with Gasteiger partial charge < -0.3 is 20.3 Å². The maximum Gasteiger partial charge on any atom is 0.408 e. The molecular weight excluding hydrogens is 444 g/mol. The molecule has 2 aromatic carbocycles. The summed E-state index contributed by atoms with van der Waals surface area (Å²) < 4.78 is 33.6. The van der Waals surface area contributed by atoms with Crippen LogP contribution in [-0.4, -0.2) is 34.5 Å². The average Bonchev–Trinajstić information content (AvgIpc) is 3.12. The van der Waals surface area contributed by atoms with Crippen LogP contribution in [0.4, 0.5) is 19.3 Å².